The van der Waals surface area contributed by atoms with Crippen molar-refractivity contribution < 1.29 is 4.74 Å². The Morgan fingerprint density at radius 2 is 1.81 bits per heavy atom. The van der Waals surface area contributed by atoms with Crippen LogP contribution in [-0.4, -0.2) is 30.2 Å². The summed E-state index contributed by atoms with van der Waals surface area (Å²) in [5.41, 5.74) is 3.40. The first-order chi connectivity index (χ1) is 10.2. The number of hydrogen-bond acceptors (Lipinski definition) is 4. The number of benzene rings is 1. The van der Waals surface area contributed by atoms with E-state index in [0.29, 0.717) is 6.04 Å². The van der Waals surface area contributed by atoms with Gasteiger partial charge in [0.05, 0.1) is 6.61 Å². The van der Waals surface area contributed by atoms with Crippen molar-refractivity contribution in [3.63, 3.8) is 0 Å². The highest BCUT2D eigenvalue weighted by molar-refractivity contribution is 5.55. The average molecular weight is 285 g/mol. The van der Waals surface area contributed by atoms with Gasteiger partial charge >= 0.3 is 0 Å². The number of nitrogens with one attached hydrogen (secondary N) is 1. The Labute approximate surface area is 126 Å². The van der Waals surface area contributed by atoms with Gasteiger partial charge in [-0.1, -0.05) is 24.3 Å². The Morgan fingerprint density at radius 1 is 1.14 bits per heavy atom. The molecule has 0 fully saturated rings. The number of aromatic nitrogens is 2. The van der Waals surface area contributed by atoms with Crippen LogP contribution in [0.25, 0.3) is 11.4 Å². The Kier molecular flexibility index (Phi) is 5.84. The van der Waals surface area contributed by atoms with E-state index in [1.165, 1.54) is 5.56 Å². The van der Waals surface area contributed by atoms with Gasteiger partial charge in [0, 0.05) is 30.6 Å². The number of ether oxygens (including phenoxy) is 1. The summed E-state index contributed by atoms with van der Waals surface area (Å²) in [6, 6.07) is 8.71. The molecule has 1 N–H and O–H groups in total. The van der Waals surface area contributed by atoms with E-state index < -0.39 is 0 Å². The summed E-state index contributed by atoms with van der Waals surface area (Å²) in [6.45, 7) is 5.60. The van der Waals surface area contributed by atoms with Crippen molar-refractivity contribution in [3.8, 4) is 11.4 Å². The van der Waals surface area contributed by atoms with Crippen molar-refractivity contribution in [2.45, 2.75) is 26.3 Å². The standard InChI is InChI=1S/C17H23N3O/c1-4-21-10-9-14-11-19-17(20-12-14)16-7-5-15(6-8-16)13(2)18-3/h5-8,11-13,18H,4,9-10H2,1-3H3. The van der Waals surface area contributed by atoms with E-state index in [4.69, 9.17) is 4.74 Å². The van der Waals surface area contributed by atoms with E-state index in [1.54, 1.807) is 0 Å². The Balaban J connectivity index is 2.04. The summed E-state index contributed by atoms with van der Waals surface area (Å²) in [4.78, 5) is 8.88. The van der Waals surface area contributed by atoms with E-state index in [2.05, 4.69) is 46.5 Å². The summed E-state index contributed by atoms with van der Waals surface area (Å²) in [7, 11) is 1.96. The van der Waals surface area contributed by atoms with Crippen molar-refractivity contribution >= 4 is 0 Å². The molecule has 1 aromatic heterocycles. The third-order valence-corrected chi connectivity index (χ3v) is 3.55. The van der Waals surface area contributed by atoms with Crippen molar-refractivity contribution in [2.24, 2.45) is 0 Å². The van der Waals surface area contributed by atoms with Crippen LogP contribution in [0, 0.1) is 0 Å². The van der Waals surface area contributed by atoms with Crippen LogP contribution in [0.4, 0.5) is 0 Å². The van der Waals surface area contributed by atoms with E-state index >= 15 is 0 Å². The molecule has 1 atom stereocenters. The largest absolute Gasteiger partial charge is 0.381 e. The molecule has 21 heavy (non-hydrogen) atoms. The molecule has 4 heteroatoms. The highest BCUT2D eigenvalue weighted by Crippen LogP contribution is 2.18. The highest BCUT2D eigenvalue weighted by Gasteiger charge is 2.05. The summed E-state index contributed by atoms with van der Waals surface area (Å²) in [5, 5.41) is 3.23. The maximum absolute atomic E-state index is 5.34. The minimum absolute atomic E-state index is 0.348. The van der Waals surface area contributed by atoms with Gasteiger partial charge < -0.3 is 10.1 Å². The monoisotopic (exact) mass is 285 g/mol. The van der Waals surface area contributed by atoms with Crippen molar-refractivity contribution in [1.82, 2.24) is 15.3 Å². The molecule has 0 aliphatic rings. The lowest BCUT2D eigenvalue weighted by Gasteiger charge is -2.10. The molecule has 0 amide bonds. The summed E-state index contributed by atoms with van der Waals surface area (Å²) in [5.74, 6) is 0.763. The van der Waals surface area contributed by atoms with Gasteiger partial charge in [0.15, 0.2) is 5.82 Å². The number of rotatable bonds is 7. The molecule has 2 aromatic rings. The van der Waals surface area contributed by atoms with E-state index in [9.17, 15) is 0 Å². The fourth-order valence-electron chi connectivity index (χ4n) is 2.05. The molecule has 0 radical (unpaired) electrons. The second-order valence-corrected chi connectivity index (χ2v) is 4.99. The van der Waals surface area contributed by atoms with Gasteiger partial charge in [-0.15, -0.1) is 0 Å². The van der Waals surface area contributed by atoms with Gasteiger partial charge in [0.2, 0.25) is 0 Å². The quantitative estimate of drug-likeness (QED) is 0.794. The summed E-state index contributed by atoms with van der Waals surface area (Å²) in [6.07, 6.45) is 4.61. The van der Waals surface area contributed by atoms with E-state index in [1.807, 2.05) is 26.4 Å². The molecule has 4 nitrogen and oxygen atoms in total. The molecule has 0 spiro atoms. The number of nitrogens with zero attached hydrogens (tertiary/aromatic N) is 2. The van der Waals surface area contributed by atoms with Gasteiger partial charge in [-0.3, -0.25) is 0 Å². The molecule has 1 heterocycles. The third-order valence-electron chi connectivity index (χ3n) is 3.55. The van der Waals surface area contributed by atoms with Crippen LogP contribution < -0.4 is 5.32 Å². The summed E-state index contributed by atoms with van der Waals surface area (Å²) >= 11 is 0. The minimum atomic E-state index is 0.348. The Morgan fingerprint density at radius 3 is 2.38 bits per heavy atom. The SMILES string of the molecule is CCOCCc1cnc(-c2ccc(C(C)NC)cc2)nc1. The molecule has 1 aromatic carbocycles. The maximum Gasteiger partial charge on any atom is 0.159 e. The van der Waals surface area contributed by atoms with Crippen LogP contribution in [-0.2, 0) is 11.2 Å². The van der Waals surface area contributed by atoms with Crippen LogP contribution in [0.15, 0.2) is 36.7 Å². The highest BCUT2D eigenvalue weighted by atomic mass is 16.5. The van der Waals surface area contributed by atoms with Gasteiger partial charge in [0.1, 0.15) is 0 Å². The van der Waals surface area contributed by atoms with E-state index in [-0.39, 0.29) is 0 Å². The normalized spacial score (nSPS) is 12.3. The van der Waals surface area contributed by atoms with Gasteiger partial charge in [-0.05, 0) is 38.4 Å². The maximum atomic E-state index is 5.34. The lowest BCUT2D eigenvalue weighted by molar-refractivity contribution is 0.151. The lowest BCUT2D eigenvalue weighted by atomic mass is 10.1. The van der Waals surface area contributed by atoms with Crippen LogP contribution in [0.5, 0.6) is 0 Å². The molecule has 0 saturated carbocycles. The van der Waals surface area contributed by atoms with Gasteiger partial charge in [-0.25, -0.2) is 9.97 Å². The zero-order valence-electron chi connectivity index (χ0n) is 13.0. The van der Waals surface area contributed by atoms with Crippen LogP contribution in [0.2, 0.25) is 0 Å². The molecule has 0 bridgehead atoms. The average Bonchev–Trinajstić information content (AvgIpc) is 2.55. The van der Waals surface area contributed by atoms with Gasteiger partial charge in [-0.2, -0.15) is 0 Å². The zero-order valence-corrected chi connectivity index (χ0v) is 13.0. The van der Waals surface area contributed by atoms with Crippen LogP contribution >= 0.6 is 0 Å². The first kappa shape index (κ1) is 15.6. The molecule has 0 saturated heterocycles. The molecular weight excluding hydrogens is 262 g/mol. The van der Waals surface area contributed by atoms with Crippen LogP contribution in [0.3, 0.4) is 0 Å². The smallest absolute Gasteiger partial charge is 0.159 e. The molecule has 0 aliphatic carbocycles. The summed E-state index contributed by atoms with van der Waals surface area (Å²) < 4.78 is 5.34. The lowest BCUT2D eigenvalue weighted by Crippen LogP contribution is -2.11. The second-order valence-electron chi connectivity index (χ2n) is 4.99. The molecule has 2 rings (SSSR count). The number of hydrogen-bond donors (Lipinski definition) is 1. The molecular formula is C17H23N3O. The Hall–Kier alpha value is -1.78. The first-order valence-corrected chi connectivity index (χ1v) is 7.41. The zero-order chi connectivity index (χ0) is 15.1. The van der Waals surface area contributed by atoms with Gasteiger partial charge in [0.25, 0.3) is 0 Å². The fourth-order valence-corrected chi connectivity index (χ4v) is 2.05. The predicted molar refractivity (Wildman–Crippen MR) is 85.1 cm³/mol. The topological polar surface area (TPSA) is 47.0 Å². The van der Waals surface area contributed by atoms with Crippen molar-refractivity contribution in [1.29, 1.82) is 0 Å². The first-order valence-electron chi connectivity index (χ1n) is 7.41. The molecule has 1 unspecified atom stereocenters. The second kappa shape index (κ2) is 7.86. The molecule has 0 aliphatic heterocycles. The van der Waals surface area contributed by atoms with E-state index in [0.717, 1.165) is 36.6 Å². The minimum Gasteiger partial charge on any atom is -0.381 e. The molecule has 112 valence electrons. The third kappa shape index (κ3) is 4.34. The van der Waals surface area contributed by atoms with Crippen LogP contribution in [0.1, 0.15) is 31.0 Å². The van der Waals surface area contributed by atoms with Crippen molar-refractivity contribution in [3.05, 3.63) is 47.8 Å². The van der Waals surface area contributed by atoms with Crippen molar-refractivity contribution in [2.75, 3.05) is 20.3 Å². The Bertz CT molecular complexity index is 537. The fraction of sp³-hybridized carbons (Fsp3) is 0.412. The predicted octanol–water partition coefficient (Wildman–Crippen LogP) is 3.00.